The predicted molar refractivity (Wildman–Crippen MR) is 70.1 cm³/mol. The molecule has 0 aromatic heterocycles. The topological polar surface area (TPSA) is 84.2 Å². The Hall–Kier alpha value is -1.88. The SMILES string of the molecule is C[C@H](N)C(=O)Nc1cccc(NC(=O)C2CC2)c1. The molecule has 5 heteroatoms. The molecule has 4 N–H and O–H groups in total. The molecule has 1 aromatic rings. The van der Waals surface area contributed by atoms with E-state index in [2.05, 4.69) is 10.6 Å². The van der Waals surface area contributed by atoms with Gasteiger partial charge in [0.25, 0.3) is 0 Å². The summed E-state index contributed by atoms with van der Waals surface area (Å²) in [5.41, 5.74) is 6.79. The molecule has 18 heavy (non-hydrogen) atoms. The van der Waals surface area contributed by atoms with E-state index in [1.807, 2.05) is 0 Å². The minimum atomic E-state index is -0.560. The van der Waals surface area contributed by atoms with E-state index in [1.165, 1.54) is 0 Å². The Morgan fingerprint density at radius 2 is 1.89 bits per heavy atom. The molecule has 0 radical (unpaired) electrons. The maximum absolute atomic E-state index is 11.6. The van der Waals surface area contributed by atoms with Crippen LogP contribution in [0.1, 0.15) is 19.8 Å². The first kappa shape index (κ1) is 12.6. The first-order valence-corrected chi connectivity index (χ1v) is 6.03. The molecular formula is C13H17N3O2. The van der Waals surface area contributed by atoms with Crippen LogP contribution in [-0.2, 0) is 9.59 Å². The van der Waals surface area contributed by atoms with Crippen molar-refractivity contribution in [3.8, 4) is 0 Å². The molecule has 0 aliphatic heterocycles. The molecule has 1 aliphatic carbocycles. The normalized spacial score (nSPS) is 15.9. The van der Waals surface area contributed by atoms with Crippen LogP contribution in [0.5, 0.6) is 0 Å². The summed E-state index contributed by atoms with van der Waals surface area (Å²) in [5.74, 6) is -0.0429. The molecule has 0 spiro atoms. The van der Waals surface area contributed by atoms with E-state index in [9.17, 15) is 9.59 Å². The number of rotatable bonds is 4. The highest BCUT2D eigenvalue weighted by Crippen LogP contribution is 2.30. The van der Waals surface area contributed by atoms with E-state index in [4.69, 9.17) is 5.73 Å². The second-order valence-corrected chi connectivity index (χ2v) is 4.62. The lowest BCUT2D eigenvalue weighted by molar-refractivity contribution is -0.117. The van der Waals surface area contributed by atoms with Gasteiger partial charge in [-0.15, -0.1) is 0 Å². The highest BCUT2D eigenvalue weighted by Gasteiger charge is 2.29. The lowest BCUT2D eigenvalue weighted by Crippen LogP contribution is -2.32. The highest BCUT2D eigenvalue weighted by molar-refractivity contribution is 5.97. The molecule has 2 rings (SSSR count). The lowest BCUT2D eigenvalue weighted by atomic mass is 10.2. The molecule has 0 unspecified atom stereocenters. The van der Waals surface area contributed by atoms with Gasteiger partial charge in [-0.25, -0.2) is 0 Å². The molecular weight excluding hydrogens is 230 g/mol. The zero-order chi connectivity index (χ0) is 13.1. The molecule has 0 heterocycles. The summed E-state index contributed by atoms with van der Waals surface area (Å²) in [6.07, 6.45) is 1.93. The Morgan fingerprint density at radius 3 is 2.44 bits per heavy atom. The Morgan fingerprint density at radius 1 is 1.28 bits per heavy atom. The minimum absolute atomic E-state index is 0.0469. The molecule has 2 amide bonds. The number of benzene rings is 1. The summed E-state index contributed by atoms with van der Waals surface area (Å²) < 4.78 is 0. The summed E-state index contributed by atoms with van der Waals surface area (Å²) >= 11 is 0. The summed E-state index contributed by atoms with van der Waals surface area (Å²) in [6, 6.07) is 6.49. The second-order valence-electron chi connectivity index (χ2n) is 4.62. The van der Waals surface area contributed by atoms with Gasteiger partial charge in [0, 0.05) is 17.3 Å². The fourth-order valence-electron chi connectivity index (χ4n) is 1.52. The van der Waals surface area contributed by atoms with Crippen LogP contribution in [0.4, 0.5) is 11.4 Å². The van der Waals surface area contributed by atoms with Gasteiger partial charge >= 0.3 is 0 Å². The molecule has 1 fully saturated rings. The third-order valence-electron chi connectivity index (χ3n) is 2.76. The zero-order valence-electron chi connectivity index (χ0n) is 10.3. The van der Waals surface area contributed by atoms with E-state index < -0.39 is 6.04 Å². The quantitative estimate of drug-likeness (QED) is 0.750. The van der Waals surface area contributed by atoms with E-state index >= 15 is 0 Å². The van der Waals surface area contributed by atoms with Gasteiger partial charge in [-0.3, -0.25) is 9.59 Å². The third-order valence-corrected chi connectivity index (χ3v) is 2.76. The van der Waals surface area contributed by atoms with E-state index in [0.717, 1.165) is 12.8 Å². The van der Waals surface area contributed by atoms with Crippen LogP contribution in [0.25, 0.3) is 0 Å². The molecule has 96 valence electrons. The van der Waals surface area contributed by atoms with E-state index in [1.54, 1.807) is 31.2 Å². The van der Waals surface area contributed by atoms with Gasteiger partial charge in [0.1, 0.15) is 0 Å². The Balaban J connectivity index is 2.00. The molecule has 0 saturated heterocycles. The first-order chi connectivity index (χ1) is 8.56. The van der Waals surface area contributed by atoms with Gasteiger partial charge in [0.15, 0.2) is 0 Å². The average Bonchev–Trinajstić information content (AvgIpc) is 3.12. The van der Waals surface area contributed by atoms with E-state index in [-0.39, 0.29) is 17.7 Å². The van der Waals surface area contributed by atoms with Gasteiger partial charge in [-0.05, 0) is 38.0 Å². The van der Waals surface area contributed by atoms with Gasteiger partial charge < -0.3 is 16.4 Å². The van der Waals surface area contributed by atoms with Gasteiger partial charge in [0.2, 0.25) is 11.8 Å². The number of carbonyl (C=O) groups is 2. The van der Waals surface area contributed by atoms with Crippen LogP contribution in [0.2, 0.25) is 0 Å². The summed E-state index contributed by atoms with van der Waals surface area (Å²) in [7, 11) is 0. The standard InChI is InChI=1S/C13H17N3O2/c1-8(14)12(17)15-10-3-2-4-11(7-10)16-13(18)9-5-6-9/h2-4,7-9H,5-6,14H2,1H3,(H,15,17)(H,16,18)/t8-/m0/s1. The number of nitrogens with one attached hydrogen (secondary N) is 2. The Labute approximate surface area is 106 Å². The number of amides is 2. The first-order valence-electron chi connectivity index (χ1n) is 6.03. The van der Waals surface area contributed by atoms with Crippen LogP contribution < -0.4 is 16.4 Å². The Kier molecular flexibility index (Phi) is 3.62. The fourth-order valence-corrected chi connectivity index (χ4v) is 1.52. The van der Waals surface area contributed by atoms with Crippen molar-refractivity contribution in [3.63, 3.8) is 0 Å². The van der Waals surface area contributed by atoms with Crippen molar-refractivity contribution in [2.24, 2.45) is 11.7 Å². The molecule has 1 saturated carbocycles. The number of nitrogens with two attached hydrogens (primary N) is 1. The van der Waals surface area contributed by atoms with Crippen molar-refractivity contribution < 1.29 is 9.59 Å². The molecule has 1 atom stereocenters. The smallest absolute Gasteiger partial charge is 0.240 e. The molecule has 1 aromatic carbocycles. The third kappa shape index (κ3) is 3.30. The molecule has 5 nitrogen and oxygen atoms in total. The highest BCUT2D eigenvalue weighted by atomic mass is 16.2. The molecule has 0 bridgehead atoms. The fraction of sp³-hybridized carbons (Fsp3) is 0.385. The van der Waals surface area contributed by atoms with Gasteiger partial charge in [-0.2, -0.15) is 0 Å². The van der Waals surface area contributed by atoms with Crippen molar-refractivity contribution in [1.82, 2.24) is 0 Å². The van der Waals surface area contributed by atoms with Crippen molar-refractivity contribution in [2.45, 2.75) is 25.8 Å². The van der Waals surface area contributed by atoms with Crippen LogP contribution in [-0.4, -0.2) is 17.9 Å². The van der Waals surface area contributed by atoms with Crippen LogP contribution >= 0.6 is 0 Å². The molecule has 1 aliphatic rings. The number of anilines is 2. The predicted octanol–water partition coefficient (Wildman–Crippen LogP) is 1.32. The number of hydrogen-bond acceptors (Lipinski definition) is 3. The zero-order valence-corrected chi connectivity index (χ0v) is 10.3. The van der Waals surface area contributed by atoms with Crippen molar-refractivity contribution in [1.29, 1.82) is 0 Å². The van der Waals surface area contributed by atoms with Crippen molar-refractivity contribution >= 4 is 23.2 Å². The van der Waals surface area contributed by atoms with Gasteiger partial charge in [-0.1, -0.05) is 6.07 Å². The second kappa shape index (κ2) is 5.18. The van der Waals surface area contributed by atoms with Crippen LogP contribution in [0, 0.1) is 5.92 Å². The summed E-state index contributed by atoms with van der Waals surface area (Å²) in [5, 5.41) is 5.51. The monoisotopic (exact) mass is 247 g/mol. The maximum Gasteiger partial charge on any atom is 0.240 e. The van der Waals surface area contributed by atoms with Crippen molar-refractivity contribution in [3.05, 3.63) is 24.3 Å². The average molecular weight is 247 g/mol. The number of carbonyl (C=O) groups excluding carboxylic acids is 2. The van der Waals surface area contributed by atoms with Gasteiger partial charge in [0.05, 0.1) is 6.04 Å². The van der Waals surface area contributed by atoms with Crippen molar-refractivity contribution in [2.75, 3.05) is 10.6 Å². The maximum atomic E-state index is 11.6. The largest absolute Gasteiger partial charge is 0.326 e. The van der Waals surface area contributed by atoms with Crippen LogP contribution in [0.15, 0.2) is 24.3 Å². The summed E-state index contributed by atoms with van der Waals surface area (Å²) in [6.45, 7) is 1.62. The van der Waals surface area contributed by atoms with E-state index in [0.29, 0.717) is 11.4 Å². The summed E-state index contributed by atoms with van der Waals surface area (Å²) in [4.78, 5) is 23.0. The Bertz CT molecular complexity index is 436. The number of hydrogen-bond donors (Lipinski definition) is 3. The minimum Gasteiger partial charge on any atom is -0.326 e. The lowest BCUT2D eigenvalue weighted by Gasteiger charge is -2.10. The van der Waals surface area contributed by atoms with Crippen LogP contribution in [0.3, 0.4) is 0 Å².